The van der Waals surface area contributed by atoms with Gasteiger partial charge in [-0.1, -0.05) is 13.8 Å². The summed E-state index contributed by atoms with van der Waals surface area (Å²) in [6.07, 6.45) is 0.248. The molecule has 0 aliphatic carbocycles. The van der Waals surface area contributed by atoms with Crippen LogP contribution in [0.4, 0.5) is 10.1 Å². The Morgan fingerprint density at radius 2 is 1.95 bits per heavy atom. The standard InChI is InChI=1S/C13H15FN2O5/c1-3-13(4-2,12(18)19)15-11(17)9-6-5-8(16(20)21)7-10(9)14/h5-7H,3-4H2,1-2H3,(H,15,17)(H,18,19). The van der Waals surface area contributed by atoms with Gasteiger partial charge in [-0.05, 0) is 18.9 Å². The van der Waals surface area contributed by atoms with Crippen LogP contribution < -0.4 is 5.32 Å². The van der Waals surface area contributed by atoms with Crippen LogP contribution in [-0.4, -0.2) is 27.4 Å². The third-order valence-electron chi connectivity index (χ3n) is 3.38. The van der Waals surface area contributed by atoms with Crippen molar-refractivity contribution in [2.24, 2.45) is 0 Å². The molecule has 0 bridgehead atoms. The minimum Gasteiger partial charge on any atom is -0.480 e. The number of carboxylic acids is 1. The van der Waals surface area contributed by atoms with Crippen LogP contribution in [0.5, 0.6) is 0 Å². The summed E-state index contributed by atoms with van der Waals surface area (Å²) in [5.41, 5.74) is -2.42. The van der Waals surface area contributed by atoms with Crippen molar-refractivity contribution in [2.45, 2.75) is 32.2 Å². The van der Waals surface area contributed by atoms with Crippen molar-refractivity contribution in [3.8, 4) is 0 Å². The molecule has 0 aliphatic rings. The molecule has 2 N–H and O–H groups in total. The highest BCUT2D eigenvalue weighted by Gasteiger charge is 2.37. The van der Waals surface area contributed by atoms with E-state index in [-0.39, 0.29) is 12.8 Å². The van der Waals surface area contributed by atoms with Crippen LogP contribution in [-0.2, 0) is 4.79 Å². The first-order valence-corrected chi connectivity index (χ1v) is 6.27. The van der Waals surface area contributed by atoms with Crippen molar-refractivity contribution in [1.29, 1.82) is 0 Å². The van der Waals surface area contributed by atoms with Crippen LogP contribution in [0, 0.1) is 15.9 Å². The lowest BCUT2D eigenvalue weighted by Gasteiger charge is -2.28. The second-order valence-electron chi connectivity index (χ2n) is 4.47. The van der Waals surface area contributed by atoms with Crippen LogP contribution in [0.25, 0.3) is 0 Å². The number of carboxylic acid groups (broad SMARTS) is 1. The molecule has 21 heavy (non-hydrogen) atoms. The van der Waals surface area contributed by atoms with Gasteiger partial charge in [-0.15, -0.1) is 0 Å². The van der Waals surface area contributed by atoms with Crippen molar-refractivity contribution in [1.82, 2.24) is 5.32 Å². The highest BCUT2D eigenvalue weighted by Crippen LogP contribution is 2.20. The second kappa shape index (κ2) is 6.29. The number of hydrogen-bond donors (Lipinski definition) is 2. The minimum absolute atomic E-state index is 0.124. The van der Waals surface area contributed by atoms with E-state index in [1.807, 2.05) is 0 Å². The molecule has 1 aromatic carbocycles. The van der Waals surface area contributed by atoms with E-state index in [0.717, 1.165) is 12.1 Å². The first-order valence-electron chi connectivity index (χ1n) is 6.27. The van der Waals surface area contributed by atoms with E-state index < -0.39 is 39.4 Å². The molecule has 0 saturated carbocycles. The maximum absolute atomic E-state index is 13.7. The van der Waals surface area contributed by atoms with Crippen molar-refractivity contribution in [2.75, 3.05) is 0 Å². The number of hydrogen-bond acceptors (Lipinski definition) is 4. The Bertz CT molecular complexity index is 584. The highest BCUT2D eigenvalue weighted by atomic mass is 19.1. The van der Waals surface area contributed by atoms with E-state index in [1.54, 1.807) is 13.8 Å². The Kier molecular flexibility index (Phi) is 4.96. The highest BCUT2D eigenvalue weighted by molar-refractivity contribution is 5.98. The summed E-state index contributed by atoms with van der Waals surface area (Å²) in [6.45, 7) is 3.17. The molecule has 7 nitrogen and oxygen atoms in total. The van der Waals surface area contributed by atoms with Crippen molar-refractivity contribution < 1.29 is 24.0 Å². The van der Waals surface area contributed by atoms with Crippen LogP contribution in [0.1, 0.15) is 37.0 Å². The number of amides is 1. The van der Waals surface area contributed by atoms with E-state index in [0.29, 0.717) is 6.07 Å². The predicted octanol–water partition coefficient (Wildman–Crippen LogP) is 2.11. The Hall–Kier alpha value is -2.51. The SMILES string of the molecule is CCC(CC)(NC(=O)c1ccc([N+](=O)[O-])cc1F)C(=O)O. The average Bonchev–Trinajstić information content (AvgIpc) is 2.43. The molecule has 0 fully saturated rings. The molecule has 0 aromatic heterocycles. The lowest BCUT2D eigenvalue weighted by Crippen LogP contribution is -2.53. The maximum Gasteiger partial charge on any atom is 0.329 e. The summed E-state index contributed by atoms with van der Waals surface area (Å²) in [5.74, 6) is -3.22. The quantitative estimate of drug-likeness (QED) is 0.617. The number of rotatable bonds is 6. The van der Waals surface area contributed by atoms with E-state index in [2.05, 4.69) is 5.32 Å². The molecule has 0 atom stereocenters. The van der Waals surface area contributed by atoms with Gasteiger partial charge in [0, 0.05) is 6.07 Å². The molecule has 0 spiro atoms. The summed E-state index contributed by atoms with van der Waals surface area (Å²) in [5, 5.41) is 22.0. The second-order valence-corrected chi connectivity index (χ2v) is 4.47. The third-order valence-corrected chi connectivity index (χ3v) is 3.38. The number of carbonyl (C=O) groups is 2. The van der Waals surface area contributed by atoms with Gasteiger partial charge < -0.3 is 10.4 Å². The minimum atomic E-state index is -1.49. The number of benzene rings is 1. The number of nitro benzene ring substituents is 1. The van der Waals surface area contributed by atoms with Gasteiger partial charge in [0.1, 0.15) is 11.4 Å². The van der Waals surface area contributed by atoms with Gasteiger partial charge >= 0.3 is 5.97 Å². The molecule has 114 valence electrons. The Balaban J connectivity index is 3.09. The fourth-order valence-electron chi connectivity index (χ4n) is 1.87. The number of aliphatic carboxylic acids is 1. The Labute approximate surface area is 119 Å². The monoisotopic (exact) mass is 298 g/mol. The van der Waals surface area contributed by atoms with Gasteiger partial charge in [0.2, 0.25) is 0 Å². The number of nitrogens with zero attached hydrogens (tertiary/aromatic N) is 1. The van der Waals surface area contributed by atoms with E-state index in [1.165, 1.54) is 0 Å². The molecule has 1 aromatic rings. The van der Waals surface area contributed by atoms with Gasteiger partial charge in [0.15, 0.2) is 0 Å². The average molecular weight is 298 g/mol. The fraction of sp³-hybridized carbons (Fsp3) is 0.385. The number of carbonyl (C=O) groups excluding carboxylic acids is 1. The van der Waals surface area contributed by atoms with Crippen molar-refractivity contribution in [3.63, 3.8) is 0 Å². The Morgan fingerprint density at radius 1 is 1.38 bits per heavy atom. The first kappa shape index (κ1) is 16.5. The number of nitrogens with one attached hydrogen (secondary N) is 1. The molecule has 1 rings (SSSR count). The number of non-ortho nitro benzene ring substituents is 1. The zero-order chi connectivity index (χ0) is 16.2. The number of halogens is 1. The van der Waals surface area contributed by atoms with E-state index in [9.17, 15) is 29.2 Å². The number of nitro groups is 1. The lowest BCUT2D eigenvalue weighted by atomic mass is 9.92. The summed E-state index contributed by atoms with van der Waals surface area (Å²) in [7, 11) is 0. The van der Waals surface area contributed by atoms with Gasteiger partial charge in [0.25, 0.3) is 11.6 Å². The van der Waals surface area contributed by atoms with E-state index in [4.69, 9.17) is 0 Å². The smallest absolute Gasteiger partial charge is 0.329 e. The normalized spacial score (nSPS) is 11.0. The van der Waals surface area contributed by atoms with Gasteiger partial charge in [0.05, 0.1) is 16.6 Å². The van der Waals surface area contributed by atoms with Gasteiger partial charge in [-0.3, -0.25) is 14.9 Å². The zero-order valence-corrected chi connectivity index (χ0v) is 11.6. The predicted molar refractivity (Wildman–Crippen MR) is 71.5 cm³/mol. The fourth-order valence-corrected chi connectivity index (χ4v) is 1.87. The topological polar surface area (TPSA) is 110 Å². The van der Waals surface area contributed by atoms with Crippen LogP contribution in [0.3, 0.4) is 0 Å². The molecule has 0 radical (unpaired) electrons. The summed E-state index contributed by atoms with van der Waals surface area (Å²) in [6, 6.07) is 2.56. The molecule has 1 amide bonds. The summed E-state index contributed by atoms with van der Waals surface area (Å²) < 4.78 is 13.7. The summed E-state index contributed by atoms with van der Waals surface area (Å²) in [4.78, 5) is 33.0. The maximum atomic E-state index is 13.7. The third kappa shape index (κ3) is 3.33. The van der Waals surface area contributed by atoms with Crippen molar-refractivity contribution >= 4 is 17.6 Å². The molecule has 0 unspecified atom stereocenters. The van der Waals surface area contributed by atoms with Crippen LogP contribution in [0.15, 0.2) is 18.2 Å². The zero-order valence-electron chi connectivity index (χ0n) is 11.6. The molecular weight excluding hydrogens is 283 g/mol. The lowest BCUT2D eigenvalue weighted by molar-refractivity contribution is -0.385. The summed E-state index contributed by atoms with van der Waals surface area (Å²) >= 11 is 0. The first-order chi connectivity index (χ1) is 9.77. The largest absolute Gasteiger partial charge is 0.480 e. The van der Waals surface area contributed by atoms with Crippen LogP contribution in [0.2, 0.25) is 0 Å². The van der Waals surface area contributed by atoms with Crippen LogP contribution >= 0.6 is 0 Å². The molecule has 8 heteroatoms. The molecule has 0 aliphatic heterocycles. The molecule has 0 heterocycles. The van der Waals surface area contributed by atoms with Crippen molar-refractivity contribution in [3.05, 3.63) is 39.7 Å². The molecule has 0 saturated heterocycles. The Morgan fingerprint density at radius 3 is 2.33 bits per heavy atom. The van der Waals surface area contributed by atoms with E-state index >= 15 is 0 Å². The van der Waals surface area contributed by atoms with Gasteiger partial charge in [-0.25, -0.2) is 9.18 Å². The molecular formula is C13H15FN2O5. The van der Waals surface area contributed by atoms with Gasteiger partial charge in [-0.2, -0.15) is 0 Å².